The molecule has 0 heterocycles. The van der Waals surface area contributed by atoms with Crippen molar-refractivity contribution in [3.63, 3.8) is 0 Å². The van der Waals surface area contributed by atoms with E-state index in [1.807, 2.05) is 19.1 Å². The number of nitrogens with zero attached hydrogens (tertiary/aromatic N) is 1. The predicted molar refractivity (Wildman–Crippen MR) is 162 cm³/mol. The van der Waals surface area contributed by atoms with Gasteiger partial charge in [0.2, 0.25) is 0 Å². The van der Waals surface area contributed by atoms with Gasteiger partial charge in [-0.15, -0.1) is 3.77 Å². The Morgan fingerprint density at radius 3 is 1.25 bits per heavy atom. The van der Waals surface area contributed by atoms with Gasteiger partial charge in [-0.2, -0.15) is 8.42 Å². The highest BCUT2D eigenvalue weighted by Gasteiger charge is 2.14. The minimum Gasteiger partial charge on any atom is -0.199 e. The van der Waals surface area contributed by atoms with Crippen LogP contribution in [0.25, 0.3) is 0 Å². The number of rotatable bonds is 24. The smallest absolute Gasteiger partial charge is 0.199 e. The lowest BCUT2D eigenvalue weighted by Gasteiger charge is -2.10. The molecule has 0 radical (unpaired) electrons. The minimum absolute atomic E-state index is 0.344. The van der Waals surface area contributed by atoms with Gasteiger partial charge in [-0.1, -0.05) is 158 Å². The summed E-state index contributed by atoms with van der Waals surface area (Å²) in [6.45, 7) is 6.51. The van der Waals surface area contributed by atoms with Gasteiger partial charge in [0.1, 0.15) is 0 Å². The second-order valence-corrected chi connectivity index (χ2v) is 14.4. The fourth-order valence-corrected chi connectivity index (χ4v) is 8.39. The Bertz CT molecular complexity index is 746. The summed E-state index contributed by atoms with van der Waals surface area (Å²) in [6.07, 6.45) is 26.1. The van der Waals surface area contributed by atoms with Gasteiger partial charge >= 0.3 is 0 Å². The molecule has 0 unspecified atom stereocenters. The van der Waals surface area contributed by atoms with Crippen LogP contribution in [0.4, 0.5) is 0 Å². The molecule has 0 fully saturated rings. The van der Waals surface area contributed by atoms with Crippen molar-refractivity contribution in [3.8, 4) is 0 Å². The average molecular weight is 540 g/mol. The molecule has 1 aromatic carbocycles. The van der Waals surface area contributed by atoms with Crippen molar-refractivity contribution in [2.24, 2.45) is 3.77 Å². The molecule has 0 amide bonds. The maximum atomic E-state index is 13.0. The van der Waals surface area contributed by atoms with E-state index in [9.17, 15) is 8.42 Å². The Hall–Kier alpha value is -0.680. The average Bonchev–Trinajstić information content (AvgIpc) is 2.86. The van der Waals surface area contributed by atoms with Crippen LogP contribution in [-0.4, -0.2) is 19.9 Å². The number of hydrogen-bond donors (Lipinski definition) is 0. The van der Waals surface area contributed by atoms with Gasteiger partial charge in [0.05, 0.1) is 4.90 Å². The lowest BCUT2D eigenvalue weighted by atomic mass is 10.1. The lowest BCUT2D eigenvalue weighted by molar-refractivity contribution is 0.561. The molecular formula is C31H57NO2S2. The quantitative estimate of drug-likeness (QED) is 0.123. The molecule has 36 heavy (non-hydrogen) atoms. The molecule has 0 aliphatic rings. The minimum atomic E-state index is -3.56. The maximum absolute atomic E-state index is 13.0. The third kappa shape index (κ3) is 17.7. The number of hydrogen-bond acceptors (Lipinski definition) is 2. The molecule has 0 saturated heterocycles. The first-order chi connectivity index (χ1) is 17.5. The summed E-state index contributed by atoms with van der Waals surface area (Å²) in [7, 11) is -3.95. The second-order valence-electron chi connectivity index (χ2n) is 10.6. The molecule has 5 heteroatoms. The van der Waals surface area contributed by atoms with Crippen LogP contribution in [0, 0.1) is 6.92 Å². The topological polar surface area (TPSA) is 46.5 Å². The fraction of sp³-hybridized carbons (Fsp3) is 0.806. The molecule has 0 spiro atoms. The summed E-state index contributed by atoms with van der Waals surface area (Å²) in [6, 6.07) is 7.14. The van der Waals surface area contributed by atoms with Crippen LogP contribution in [0.3, 0.4) is 0 Å². The maximum Gasteiger partial charge on any atom is 0.287 e. The van der Waals surface area contributed by atoms with E-state index in [0.717, 1.165) is 29.9 Å². The molecular weight excluding hydrogens is 482 g/mol. The van der Waals surface area contributed by atoms with E-state index >= 15 is 0 Å². The highest BCUT2D eigenvalue weighted by Crippen LogP contribution is 2.17. The van der Waals surface area contributed by atoms with Crippen molar-refractivity contribution >= 4 is 20.7 Å². The van der Waals surface area contributed by atoms with Crippen molar-refractivity contribution in [1.82, 2.24) is 0 Å². The molecule has 0 bridgehead atoms. The Balaban J connectivity index is 2.43. The van der Waals surface area contributed by atoms with Crippen LogP contribution >= 0.6 is 0 Å². The highest BCUT2D eigenvalue weighted by molar-refractivity contribution is 8.00. The number of sulfonamides is 1. The highest BCUT2D eigenvalue weighted by atomic mass is 32.3. The van der Waals surface area contributed by atoms with E-state index in [1.54, 1.807) is 12.1 Å². The van der Waals surface area contributed by atoms with E-state index in [4.69, 9.17) is 0 Å². The lowest BCUT2D eigenvalue weighted by Crippen LogP contribution is -2.07. The fourth-order valence-electron chi connectivity index (χ4n) is 4.58. The standard InChI is InChI=1S/C31H57NO2S2/c1-4-6-8-10-12-14-16-18-20-22-28-35(29-23-21-19-17-15-13-11-9-7-5-2)32-36(33,34)31-26-24-30(3)25-27-31/h24-27H,4-23,28-29H2,1-3H3. The first-order valence-electron chi connectivity index (χ1n) is 15.2. The van der Waals surface area contributed by atoms with Crippen LogP contribution in [0.15, 0.2) is 32.9 Å². The summed E-state index contributed by atoms with van der Waals surface area (Å²) in [4.78, 5) is 0.344. The van der Waals surface area contributed by atoms with Crippen molar-refractivity contribution in [2.75, 3.05) is 11.5 Å². The van der Waals surface area contributed by atoms with Gasteiger partial charge in [-0.05, 0) is 31.9 Å². The summed E-state index contributed by atoms with van der Waals surface area (Å²) < 4.78 is 30.4. The van der Waals surface area contributed by atoms with Crippen LogP contribution in [0.2, 0.25) is 0 Å². The van der Waals surface area contributed by atoms with Crippen LogP contribution in [0.5, 0.6) is 0 Å². The summed E-state index contributed by atoms with van der Waals surface area (Å²) in [5.74, 6) is 1.86. The van der Waals surface area contributed by atoms with Crippen LogP contribution in [-0.2, 0) is 20.7 Å². The predicted octanol–water partition coefficient (Wildman–Crippen LogP) is 10.3. The van der Waals surface area contributed by atoms with E-state index in [0.29, 0.717) is 4.90 Å². The van der Waals surface area contributed by atoms with Crippen molar-refractivity contribution in [3.05, 3.63) is 29.8 Å². The monoisotopic (exact) mass is 539 g/mol. The summed E-state index contributed by atoms with van der Waals surface area (Å²) >= 11 is 0. The first-order valence-corrected chi connectivity index (χ1v) is 18.2. The number of unbranched alkanes of at least 4 members (excludes halogenated alkanes) is 18. The van der Waals surface area contributed by atoms with Gasteiger partial charge in [0.25, 0.3) is 10.0 Å². The van der Waals surface area contributed by atoms with Crippen molar-refractivity contribution < 1.29 is 8.42 Å². The second kappa shape index (κ2) is 22.3. The molecule has 1 rings (SSSR count). The molecule has 210 valence electrons. The Morgan fingerprint density at radius 2 is 0.889 bits per heavy atom. The zero-order valence-corrected chi connectivity index (χ0v) is 25.6. The number of aryl methyl sites for hydroxylation is 1. The van der Waals surface area contributed by atoms with Crippen LogP contribution < -0.4 is 0 Å². The molecule has 3 nitrogen and oxygen atoms in total. The molecule has 0 N–H and O–H groups in total. The third-order valence-corrected chi connectivity index (χ3v) is 11.0. The van der Waals surface area contributed by atoms with E-state index in [2.05, 4.69) is 17.6 Å². The van der Waals surface area contributed by atoms with Gasteiger partial charge in [0.15, 0.2) is 0 Å². The van der Waals surface area contributed by atoms with Crippen molar-refractivity contribution in [1.29, 1.82) is 0 Å². The Morgan fingerprint density at radius 1 is 0.556 bits per heavy atom. The van der Waals surface area contributed by atoms with Gasteiger partial charge in [-0.25, -0.2) is 0 Å². The Labute approximate surface area is 227 Å². The van der Waals surface area contributed by atoms with E-state index in [-0.39, 0.29) is 10.7 Å². The first kappa shape index (κ1) is 33.3. The molecule has 0 aliphatic carbocycles. The molecule has 0 aliphatic heterocycles. The van der Waals surface area contributed by atoms with E-state index in [1.165, 1.54) is 116 Å². The zero-order valence-electron chi connectivity index (χ0n) is 23.9. The molecule has 0 atom stereocenters. The third-order valence-electron chi connectivity index (χ3n) is 6.99. The molecule has 1 aromatic rings. The summed E-state index contributed by atoms with van der Waals surface area (Å²) in [5.41, 5.74) is 1.07. The molecule has 0 aromatic heterocycles. The van der Waals surface area contributed by atoms with Crippen LogP contribution in [0.1, 0.15) is 148 Å². The summed E-state index contributed by atoms with van der Waals surface area (Å²) in [5, 5.41) is 0. The largest absolute Gasteiger partial charge is 0.287 e. The van der Waals surface area contributed by atoms with Gasteiger partial charge in [0, 0.05) is 11.5 Å². The van der Waals surface area contributed by atoms with Gasteiger partial charge < -0.3 is 0 Å². The zero-order chi connectivity index (χ0) is 26.3. The SMILES string of the molecule is CCCCCCCCCCCCS(CCCCCCCCCCCC)=NS(=O)(=O)c1ccc(C)cc1. The van der Waals surface area contributed by atoms with Crippen molar-refractivity contribution in [2.45, 2.75) is 154 Å². The molecule has 0 saturated carbocycles. The van der Waals surface area contributed by atoms with Gasteiger partial charge in [-0.3, -0.25) is 0 Å². The number of benzene rings is 1. The normalized spacial score (nSPS) is 11.9. The Kier molecular flexibility index (Phi) is 20.7. The van der Waals surface area contributed by atoms with E-state index < -0.39 is 10.0 Å².